The van der Waals surface area contributed by atoms with Crippen molar-refractivity contribution in [1.82, 2.24) is 20.5 Å². The van der Waals surface area contributed by atoms with Crippen molar-refractivity contribution in [2.24, 2.45) is 4.99 Å². The van der Waals surface area contributed by atoms with Crippen LogP contribution < -0.4 is 10.6 Å². The fourth-order valence-electron chi connectivity index (χ4n) is 3.02. The molecule has 0 unspecified atom stereocenters. The van der Waals surface area contributed by atoms with Crippen LogP contribution in [-0.4, -0.2) is 54.6 Å². The second-order valence-electron chi connectivity index (χ2n) is 6.34. The van der Waals surface area contributed by atoms with E-state index in [-0.39, 0.29) is 0 Å². The molecule has 1 saturated heterocycles. The van der Waals surface area contributed by atoms with Gasteiger partial charge in [0.25, 0.3) is 0 Å². The maximum atomic E-state index is 4.74. The minimum absolute atomic E-state index is 0.544. The van der Waals surface area contributed by atoms with Gasteiger partial charge in [-0.2, -0.15) is 0 Å². The average molecular weight is 352 g/mol. The number of nitrogens with one attached hydrogen (secondary N) is 2. The molecule has 1 aromatic rings. The molecule has 2 heterocycles. The van der Waals surface area contributed by atoms with E-state index in [1.54, 1.807) is 0 Å². The number of piperidine rings is 1. The van der Waals surface area contributed by atoms with Crippen LogP contribution in [0.5, 0.6) is 0 Å². The van der Waals surface area contributed by atoms with Crippen molar-refractivity contribution >= 4 is 17.3 Å². The molecule has 1 aromatic heterocycles. The quantitative estimate of drug-likeness (QED) is 0.558. The highest BCUT2D eigenvalue weighted by Gasteiger charge is 2.19. The SMILES string of the molecule is CCCN1CCC(NC(=NCCc2ncc(CC)s2)NCC)CC1. The number of likely N-dealkylation sites (tertiary alicyclic amines) is 1. The first kappa shape index (κ1) is 19.2. The number of rotatable bonds is 8. The molecular formula is C18H33N5S. The van der Waals surface area contributed by atoms with Gasteiger partial charge in [0.1, 0.15) is 0 Å². The van der Waals surface area contributed by atoms with Crippen LogP contribution in [0.4, 0.5) is 0 Å². The molecule has 1 aliphatic heterocycles. The molecule has 0 aliphatic carbocycles. The van der Waals surface area contributed by atoms with E-state index in [0.717, 1.165) is 31.9 Å². The predicted molar refractivity (Wildman–Crippen MR) is 104 cm³/mol. The van der Waals surface area contributed by atoms with Crippen molar-refractivity contribution < 1.29 is 0 Å². The Morgan fingerprint density at radius 3 is 2.75 bits per heavy atom. The van der Waals surface area contributed by atoms with Crippen LogP contribution in [0.25, 0.3) is 0 Å². The monoisotopic (exact) mass is 351 g/mol. The molecule has 5 nitrogen and oxygen atoms in total. The zero-order valence-electron chi connectivity index (χ0n) is 15.5. The molecule has 0 aromatic carbocycles. The van der Waals surface area contributed by atoms with Gasteiger partial charge in [0.15, 0.2) is 5.96 Å². The van der Waals surface area contributed by atoms with Crippen LogP contribution in [0.2, 0.25) is 0 Å². The standard InChI is InChI=1S/C18H33N5S/c1-4-11-23-12-8-15(9-13-23)22-18(19-6-3)20-10-7-17-21-14-16(5-2)24-17/h14-15H,4-13H2,1-3H3,(H2,19,20,22). The third-order valence-corrected chi connectivity index (χ3v) is 5.56. The van der Waals surface area contributed by atoms with Gasteiger partial charge in [-0.05, 0) is 39.2 Å². The Morgan fingerprint density at radius 2 is 2.12 bits per heavy atom. The molecule has 0 saturated carbocycles. The minimum Gasteiger partial charge on any atom is -0.357 e. The van der Waals surface area contributed by atoms with Crippen molar-refractivity contribution in [3.05, 3.63) is 16.1 Å². The van der Waals surface area contributed by atoms with Gasteiger partial charge in [0.05, 0.1) is 5.01 Å². The molecule has 0 amide bonds. The maximum absolute atomic E-state index is 4.74. The van der Waals surface area contributed by atoms with Crippen molar-refractivity contribution in [2.75, 3.05) is 32.7 Å². The topological polar surface area (TPSA) is 52.5 Å². The van der Waals surface area contributed by atoms with E-state index < -0.39 is 0 Å². The highest BCUT2D eigenvalue weighted by atomic mass is 32.1. The summed E-state index contributed by atoms with van der Waals surface area (Å²) in [6.07, 6.45) is 7.65. The predicted octanol–water partition coefficient (Wildman–Crippen LogP) is 2.68. The van der Waals surface area contributed by atoms with Gasteiger partial charge in [-0.3, -0.25) is 4.99 Å². The molecule has 1 aliphatic rings. The third-order valence-electron chi connectivity index (χ3n) is 4.36. The van der Waals surface area contributed by atoms with E-state index in [1.165, 1.54) is 48.8 Å². The van der Waals surface area contributed by atoms with Gasteiger partial charge in [-0.15, -0.1) is 11.3 Å². The van der Waals surface area contributed by atoms with Gasteiger partial charge < -0.3 is 15.5 Å². The molecule has 2 rings (SSSR count). The fourth-order valence-corrected chi connectivity index (χ4v) is 3.87. The third kappa shape index (κ3) is 6.40. The number of hydrogen-bond acceptors (Lipinski definition) is 4. The Bertz CT molecular complexity index is 491. The summed E-state index contributed by atoms with van der Waals surface area (Å²) in [6.45, 7) is 11.9. The molecule has 136 valence electrons. The van der Waals surface area contributed by atoms with Gasteiger partial charge in [0, 0.05) is 49.7 Å². The summed E-state index contributed by atoms with van der Waals surface area (Å²) in [7, 11) is 0. The van der Waals surface area contributed by atoms with Gasteiger partial charge >= 0.3 is 0 Å². The van der Waals surface area contributed by atoms with Crippen LogP contribution in [0.3, 0.4) is 0 Å². The summed E-state index contributed by atoms with van der Waals surface area (Å²) in [4.78, 5) is 13.1. The molecule has 24 heavy (non-hydrogen) atoms. The number of guanidine groups is 1. The summed E-state index contributed by atoms with van der Waals surface area (Å²) in [5, 5.41) is 8.19. The number of thiazole rings is 1. The summed E-state index contributed by atoms with van der Waals surface area (Å²) < 4.78 is 0. The highest BCUT2D eigenvalue weighted by Crippen LogP contribution is 2.14. The Morgan fingerprint density at radius 1 is 1.33 bits per heavy atom. The van der Waals surface area contributed by atoms with E-state index in [4.69, 9.17) is 4.99 Å². The number of hydrogen-bond donors (Lipinski definition) is 2. The maximum Gasteiger partial charge on any atom is 0.191 e. The Balaban J connectivity index is 1.78. The average Bonchev–Trinajstić information content (AvgIpc) is 3.05. The van der Waals surface area contributed by atoms with Gasteiger partial charge in [0.2, 0.25) is 0 Å². The van der Waals surface area contributed by atoms with E-state index in [1.807, 2.05) is 17.5 Å². The lowest BCUT2D eigenvalue weighted by molar-refractivity contribution is 0.206. The van der Waals surface area contributed by atoms with Crippen LogP contribution in [0.1, 0.15) is 49.9 Å². The molecule has 0 radical (unpaired) electrons. The van der Waals surface area contributed by atoms with E-state index in [9.17, 15) is 0 Å². The van der Waals surface area contributed by atoms with Crippen molar-refractivity contribution in [1.29, 1.82) is 0 Å². The number of nitrogens with zero attached hydrogens (tertiary/aromatic N) is 3. The Labute approximate surface area is 151 Å². The number of aromatic nitrogens is 1. The van der Waals surface area contributed by atoms with Crippen LogP contribution in [-0.2, 0) is 12.8 Å². The van der Waals surface area contributed by atoms with Crippen LogP contribution in [0.15, 0.2) is 11.2 Å². The van der Waals surface area contributed by atoms with Crippen molar-refractivity contribution in [3.63, 3.8) is 0 Å². The molecule has 1 fully saturated rings. The second kappa shape index (κ2) is 10.7. The lowest BCUT2D eigenvalue weighted by Gasteiger charge is -2.32. The number of aliphatic imine (C=N–C) groups is 1. The molecule has 0 bridgehead atoms. The molecule has 0 atom stereocenters. The van der Waals surface area contributed by atoms with E-state index >= 15 is 0 Å². The first-order chi connectivity index (χ1) is 11.7. The van der Waals surface area contributed by atoms with Crippen molar-refractivity contribution in [2.45, 2.75) is 58.9 Å². The molecule has 6 heteroatoms. The first-order valence-electron chi connectivity index (χ1n) is 9.45. The Hall–Kier alpha value is -1.14. The van der Waals surface area contributed by atoms with Crippen LogP contribution in [0, 0.1) is 0 Å². The lowest BCUT2D eigenvalue weighted by atomic mass is 10.1. The van der Waals surface area contributed by atoms with Crippen molar-refractivity contribution in [3.8, 4) is 0 Å². The van der Waals surface area contributed by atoms with Gasteiger partial charge in [-0.1, -0.05) is 13.8 Å². The summed E-state index contributed by atoms with van der Waals surface area (Å²) >= 11 is 1.81. The molecular weight excluding hydrogens is 318 g/mol. The van der Waals surface area contributed by atoms with Gasteiger partial charge in [-0.25, -0.2) is 4.98 Å². The highest BCUT2D eigenvalue weighted by molar-refractivity contribution is 7.11. The summed E-state index contributed by atoms with van der Waals surface area (Å²) in [5.74, 6) is 0.957. The van der Waals surface area contributed by atoms with E-state index in [2.05, 4.69) is 41.3 Å². The minimum atomic E-state index is 0.544. The molecule has 2 N–H and O–H groups in total. The first-order valence-corrected chi connectivity index (χ1v) is 10.3. The normalized spacial score (nSPS) is 17.2. The zero-order valence-corrected chi connectivity index (χ0v) is 16.3. The summed E-state index contributed by atoms with van der Waals surface area (Å²) in [5.41, 5.74) is 0. The Kier molecular flexibility index (Phi) is 8.53. The van der Waals surface area contributed by atoms with Crippen LogP contribution >= 0.6 is 11.3 Å². The largest absolute Gasteiger partial charge is 0.357 e. The fraction of sp³-hybridized carbons (Fsp3) is 0.778. The zero-order chi connectivity index (χ0) is 17.2. The lowest BCUT2D eigenvalue weighted by Crippen LogP contribution is -2.48. The molecule has 0 spiro atoms. The van der Waals surface area contributed by atoms with E-state index in [0.29, 0.717) is 6.04 Å². The second-order valence-corrected chi connectivity index (χ2v) is 7.54. The smallest absolute Gasteiger partial charge is 0.191 e. The summed E-state index contributed by atoms with van der Waals surface area (Å²) in [6, 6.07) is 0.544. The number of aryl methyl sites for hydroxylation is 1.